The van der Waals surface area contributed by atoms with Gasteiger partial charge in [-0.15, -0.1) is 24.8 Å². The van der Waals surface area contributed by atoms with Crippen molar-refractivity contribution in [3.05, 3.63) is 65.2 Å². The highest BCUT2D eigenvalue weighted by Crippen LogP contribution is 2.25. The normalized spacial score (nSPS) is 17.6. The summed E-state index contributed by atoms with van der Waals surface area (Å²) < 4.78 is 6.16. The molecule has 0 unspecified atom stereocenters. The Morgan fingerprint density at radius 1 is 0.964 bits per heavy atom. The van der Waals surface area contributed by atoms with Crippen LogP contribution in [0, 0.1) is 5.92 Å². The van der Waals surface area contributed by atoms with Crippen LogP contribution in [0.15, 0.2) is 48.5 Å². The molecule has 2 aromatic carbocycles. The lowest BCUT2D eigenvalue weighted by Gasteiger charge is -2.23. The molecule has 5 heteroatoms. The summed E-state index contributed by atoms with van der Waals surface area (Å²) in [5.41, 5.74) is 4.34. The van der Waals surface area contributed by atoms with Crippen LogP contribution >= 0.6 is 24.8 Å². The van der Waals surface area contributed by atoms with Gasteiger partial charge in [-0.1, -0.05) is 36.4 Å². The second-order valence-corrected chi connectivity index (χ2v) is 7.73. The fraction of sp³-hybridized carbons (Fsp3) is 0.478. The van der Waals surface area contributed by atoms with Crippen LogP contribution in [0.1, 0.15) is 36.0 Å². The first-order valence-corrected chi connectivity index (χ1v) is 10.1. The zero-order chi connectivity index (χ0) is 17.6. The molecule has 0 saturated carbocycles. The molecule has 3 nitrogen and oxygen atoms in total. The smallest absolute Gasteiger partial charge is 0.119 e. The number of nitrogens with zero attached hydrogens (tertiary/aromatic N) is 1. The largest absolute Gasteiger partial charge is 0.493 e. The van der Waals surface area contributed by atoms with Crippen molar-refractivity contribution in [1.29, 1.82) is 0 Å². The molecule has 0 bridgehead atoms. The van der Waals surface area contributed by atoms with Crippen molar-refractivity contribution in [2.24, 2.45) is 5.92 Å². The van der Waals surface area contributed by atoms with E-state index < -0.39 is 0 Å². The highest BCUT2D eigenvalue weighted by atomic mass is 35.5. The Morgan fingerprint density at radius 2 is 1.75 bits per heavy atom. The predicted octanol–water partition coefficient (Wildman–Crippen LogP) is 4.86. The standard InChI is InChI=1S/C23H30N2O.2ClH/c1-2-5-19(6-3-1)16-25-14-4-7-21-8-9-23(15-22(21)17-25)26-18-20-10-12-24-13-11-20;;/h1-3,5-6,8-9,15,20,24H,4,7,10-14,16-18H2;2*1H. The number of hydrogen-bond donors (Lipinski definition) is 1. The lowest BCUT2D eigenvalue weighted by molar-refractivity contribution is 0.214. The van der Waals surface area contributed by atoms with Crippen LogP contribution in [0.25, 0.3) is 0 Å². The van der Waals surface area contributed by atoms with Crippen molar-refractivity contribution in [3.8, 4) is 5.75 Å². The van der Waals surface area contributed by atoms with Crippen LogP contribution in [0.2, 0.25) is 0 Å². The maximum Gasteiger partial charge on any atom is 0.119 e. The zero-order valence-corrected chi connectivity index (χ0v) is 18.1. The molecule has 0 aromatic heterocycles. The molecule has 2 heterocycles. The molecule has 0 radical (unpaired) electrons. The summed E-state index contributed by atoms with van der Waals surface area (Å²) in [5, 5.41) is 3.42. The van der Waals surface area contributed by atoms with E-state index in [-0.39, 0.29) is 24.8 Å². The van der Waals surface area contributed by atoms with Gasteiger partial charge in [-0.05, 0) is 80.1 Å². The molecule has 1 saturated heterocycles. The van der Waals surface area contributed by atoms with Gasteiger partial charge in [-0.3, -0.25) is 4.90 Å². The fourth-order valence-corrected chi connectivity index (χ4v) is 4.14. The van der Waals surface area contributed by atoms with Gasteiger partial charge >= 0.3 is 0 Å². The van der Waals surface area contributed by atoms with Crippen molar-refractivity contribution < 1.29 is 4.74 Å². The summed E-state index contributed by atoms with van der Waals surface area (Å²) in [6, 6.07) is 17.6. The maximum absolute atomic E-state index is 6.16. The van der Waals surface area contributed by atoms with E-state index in [9.17, 15) is 0 Å². The van der Waals surface area contributed by atoms with E-state index in [0.717, 1.165) is 45.1 Å². The Morgan fingerprint density at radius 3 is 2.54 bits per heavy atom. The predicted molar refractivity (Wildman–Crippen MR) is 121 cm³/mol. The summed E-state index contributed by atoms with van der Waals surface area (Å²) in [6.45, 7) is 6.33. The van der Waals surface area contributed by atoms with Gasteiger partial charge < -0.3 is 10.1 Å². The lowest BCUT2D eigenvalue weighted by atomic mass is 9.99. The number of hydrogen-bond acceptors (Lipinski definition) is 3. The summed E-state index contributed by atoms with van der Waals surface area (Å²) >= 11 is 0. The zero-order valence-electron chi connectivity index (χ0n) is 16.4. The Bertz CT molecular complexity index is 705. The number of aryl methyl sites for hydroxylation is 1. The lowest BCUT2D eigenvalue weighted by Crippen LogP contribution is -2.30. The Hall–Kier alpha value is -1.26. The molecular weight excluding hydrogens is 391 g/mol. The number of rotatable bonds is 5. The van der Waals surface area contributed by atoms with Gasteiger partial charge in [0.1, 0.15) is 5.75 Å². The molecule has 0 spiro atoms. The number of piperidine rings is 1. The molecule has 0 aliphatic carbocycles. The van der Waals surface area contributed by atoms with Gasteiger partial charge in [0.05, 0.1) is 6.61 Å². The van der Waals surface area contributed by atoms with Crippen molar-refractivity contribution in [2.75, 3.05) is 26.2 Å². The number of benzene rings is 2. The van der Waals surface area contributed by atoms with Crippen LogP contribution in [0.5, 0.6) is 5.75 Å². The highest BCUT2D eigenvalue weighted by molar-refractivity contribution is 5.85. The first kappa shape index (κ1) is 23.0. The Labute approximate surface area is 181 Å². The van der Waals surface area contributed by atoms with Gasteiger partial charge in [0.2, 0.25) is 0 Å². The molecule has 2 aliphatic heterocycles. The van der Waals surface area contributed by atoms with Crippen molar-refractivity contribution in [1.82, 2.24) is 10.2 Å². The third kappa shape index (κ3) is 6.38. The first-order chi connectivity index (χ1) is 12.9. The van der Waals surface area contributed by atoms with Crippen LogP contribution in [-0.2, 0) is 19.5 Å². The minimum absolute atomic E-state index is 0. The second kappa shape index (κ2) is 11.7. The molecule has 4 rings (SSSR count). The molecule has 154 valence electrons. The average molecular weight is 423 g/mol. The van der Waals surface area contributed by atoms with E-state index in [0.29, 0.717) is 5.92 Å². The van der Waals surface area contributed by atoms with Crippen LogP contribution in [0.4, 0.5) is 0 Å². The molecule has 0 atom stereocenters. The fourth-order valence-electron chi connectivity index (χ4n) is 4.14. The SMILES string of the molecule is Cl.Cl.c1ccc(CN2CCCc3ccc(OCC4CCNCC4)cc3C2)cc1. The molecule has 2 aromatic rings. The second-order valence-electron chi connectivity index (χ2n) is 7.73. The number of ether oxygens (including phenoxy) is 1. The molecule has 1 fully saturated rings. The quantitative estimate of drug-likeness (QED) is 0.744. The van der Waals surface area contributed by atoms with E-state index in [4.69, 9.17) is 4.74 Å². The number of fused-ring (bicyclic) bond motifs is 1. The third-order valence-corrected chi connectivity index (χ3v) is 5.69. The van der Waals surface area contributed by atoms with E-state index in [1.54, 1.807) is 0 Å². The average Bonchev–Trinajstić information content (AvgIpc) is 2.89. The van der Waals surface area contributed by atoms with Crippen molar-refractivity contribution >= 4 is 24.8 Å². The number of nitrogens with one attached hydrogen (secondary N) is 1. The summed E-state index contributed by atoms with van der Waals surface area (Å²) in [4.78, 5) is 2.57. The first-order valence-electron chi connectivity index (χ1n) is 10.1. The molecule has 1 N–H and O–H groups in total. The van der Waals surface area contributed by atoms with Crippen LogP contribution in [-0.4, -0.2) is 31.1 Å². The molecule has 0 amide bonds. The highest BCUT2D eigenvalue weighted by Gasteiger charge is 2.17. The van der Waals surface area contributed by atoms with Crippen LogP contribution in [0.3, 0.4) is 0 Å². The van der Waals surface area contributed by atoms with Gasteiger partial charge in [0.15, 0.2) is 0 Å². The van der Waals surface area contributed by atoms with E-state index >= 15 is 0 Å². The summed E-state index contributed by atoms with van der Waals surface area (Å²) in [6.07, 6.45) is 4.87. The Balaban J connectivity index is 0.00000140. The van der Waals surface area contributed by atoms with Crippen molar-refractivity contribution in [3.63, 3.8) is 0 Å². The summed E-state index contributed by atoms with van der Waals surface area (Å²) in [7, 11) is 0. The minimum atomic E-state index is 0. The topological polar surface area (TPSA) is 24.5 Å². The van der Waals surface area contributed by atoms with Gasteiger partial charge in [0.25, 0.3) is 0 Å². The number of halogens is 2. The minimum Gasteiger partial charge on any atom is -0.493 e. The van der Waals surface area contributed by atoms with Crippen molar-refractivity contribution in [2.45, 2.75) is 38.8 Å². The van der Waals surface area contributed by atoms with Gasteiger partial charge in [0, 0.05) is 13.1 Å². The monoisotopic (exact) mass is 422 g/mol. The van der Waals surface area contributed by atoms with Gasteiger partial charge in [-0.2, -0.15) is 0 Å². The summed E-state index contributed by atoms with van der Waals surface area (Å²) in [5.74, 6) is 1.74. The van der Waals surface area contributed by atoms with Gasteiger partial charge in [-0.25, -0.2) is 0 Å². The molecule has 2 aliphatic rings. The van der Waals surface area contributed by atoms with E-state index in [1.165, 1.54) is 42.4 Å². The van der Waals surface area contributed by atoms with E-state index in [1.807, 2.05) is 0 Å². The Kier molecular flexibility index (Phi) is 9.60. The maximum atomic E-state index is 6.16. The van der Waals surface area contributed by atoms with E-state index in [2.05, 4.69) is 58.7 Å². The van der Waals surface area contributed by atoms with Crippen LogP contribution < -0.4 is 10.1 Å². The molecular formula is C23H32Cl2N2O. The molecule has 28 heavy (non-hydrogen) atoms. The third-order valence-electron chi connectivity index (χ3n) is 5.69.